The first-order valence-corrected chi connectivity index (χ1v) is 8.92. The lowest BCUT2D eigenvalue weighted by atomic mass is 9.87. The summed E-state index contributed by atoms with van der Waals surface area (Å²) in [5.41, 5.74) is 2.22. The van der Waals surface area contributed by atoms with Crippen molar-refractivity contribution >= 4 is 23.4 Å². The van der Waals surface area contributed by atoms with Crippen LogP contribution in [0.3, 0.4) is 0 Å². The summed E-state index contributed by atoms with van der Waals surface area (Å²) in [7, 11) is 1.61. The lowest BCUT2D eigenvalue weighted by molar-refractivity contribution is -0.120. The highest BCUT2D eigenvalue weighted by molar-refractivity contribution is 6.33. The van der Waals surface area contributed by atoms with E-state index in [2.05, 4.69) is 5.32 Å². The third-order valence-electron chi connectivity index (χ3n) is 5.13. The molecule has 26 heavy (non-hydrogen) atoms. The fraction of sp³-hybridized carbons (Fsp3) is 0.300. The summed E-state index contributed by atoms with van der Waals surface area (Å²) in [5, 5.41) is 3.62. The van der Waals surface area contributed by atoms with Crippen LogP contribution in [-0.4, -0.2) is 42.5 Å². The zero-order valence-electron chi connectivity index (χ0n) is 14.4. The molecule has 2 aromatic carbocycles. The first-order chi connectivity index (χ1) is 12.5. The second-order valence-electron chi connectivity index (χ2n) is 6.91. The quantitative estimate of drug-likeness (QED) is 0.903. The first kappa shape index (κ1) is 16.9. The molecule has 0 atom stereocenters. The maximum Gasteiger partial charge on any atom is 0.254 e. The van der Waals surface area contributed by atoms with Gasteiger partial charge in [0.25, 0.3) is 5.91 Å². The maximum absolute atomic E-state index is 12.6. The molecule has 0 radical (unpaired) electrons. The topological polar surface area (TPSA) is 58.6 Å². The van der Waals surface area contributed by atoms with Crippen LogP contribution in [0.25, 0.3) is 11.1 Å². The molecule has 2 fully saturated rings. The molecule has 6 heteroatoms. The summed E-state index contributed by atoms with van der Waals surface area (Å²) < 4.78 is 5.25. The zero-order valence-corrected chi connectivity index (χ0v) is 15.2. The molecule has 0 aliphatic carbocycles. The summed E-state index contributed by atoms with van der Waals surface area (Å²) in [6.45, 7) is 1.17. The van der Waals surface area contributed by atoms with Crippen LogP contribution in [0.4, 0.5) is 0 Å². The van der Waals surface area contributed by atoms with E-state index >= 15 is 0 Å². The number of hydrogen-bond donors (Lipinski definition) is 1. The highest BCUT2D eigenvalue weighted by atomic mass is 35.5. The van der Waals surface area contributed by atoms with E-state index in [1.54, 1.807) is 18.1 Å². The lowest BCUT2D eigenvalue weighted by Crippen LogP contribution is -2.68. The molecule has 5 nitrogen and oxygen atoms in total. The third kappa shape index (κ3) is 2.92. The van der Waals surface area contributed by atoms with Gasteiger partial charge in [-0.15, -0.1) is 0 Å². The predicted octanol–water partition coefficient (Wildman–Crippen LogP) is 3.12. The Kier molecular flexibility index (Phi) is 4.11. The molecule has 0 aromatic heterocycles. The van der Waals surface area contributed by atoms with Crippen molar-refractivity contribution in [3.8, 4) is 16.9 Å². The summed E-state index contributed by atoms with van der Waals surface area (Å²) >= 11 is 6.29. The van der Waals surface area contributed by atoms with Crippen molar-refractivity contribution in [3.63, 3.8) is 0 Å². The van der Waals surface area contributed by atoms with Crippen LogP contribution in [-0.2, 0) is 4.79 Å². The summed E-state index contributed by atoms with van der Waals surface area (Å²) in [5.74, 6) is 0.797. The van der Waals surface area contributed by atoms with Crippen LogP contribution < -0.4 is 10.1 Å². The number of halogens is 1. The Bertz CT molecular complexity index is 873. The van der Waals surface area contributed by atoms with E-state index in [9.17, 15) is 9.59 Å². The molecule has 2 amide bonds. The second kappa shape index (κ2) is 6.32. The highest BCUT2D eigenvalue weighted by Crippen LogP contribution is 2.33. The van der Waals surface area contributed by atoms with Gasteiger partial charge in [0.05, 0.1) is 12.6 Å². The fourth-order valence-electron chi connectivity index (χ4n) is 3.67. The average Bonchev–Trinajstić information content (AvgIpc) is 3.03. The van der Waals surface area contributed by atoms with Crippen LogP contribution >= 0.6 is 11.6 Å². The molecule has 0 bridgehead atoms. The van der Waals surface area contributed by atoms with E-state index in [4.69, 9.17) is 16.3 Å². The van der Waals surface area contributed by atoms with E-state index < -0.39 is 0 Å². The van der Waals surface area contributed by atoms with E-state index in [-0.39, 0.29) is 17.4 Å². The van der Waals surface area contributed by atoms with Gasteiger partial charge in [0.1, 0.15) is 5.75 Å². The van der Waals surface area contributed by atoms with Crippen molar-refractivity contribution in [2.45, 2.75) is 18.4 Å². The van der Waals surface area contributed by atoms with Crippen molar-refractivity contribution in [1.29, 1.82) is 0 Å². The van der Waals surface area contributed by atoms with Crippen molar-refractivity contribution < 1.29 is 14.3 Å². The molecule has 4 rings (SSSR count). The number of nitrogens with one attached hydrogen (secondary N) is 1. The Morgan fingerprint density at radius 2 is 1.92 bits per heavy atom. The van der Waals surface area contributed by atoms with Gasteiger partial charge in [0.15, 0.2) is 0 Å². The molecule has 2 saturated heterocycles. The number of nitrogens with zero attached hydrogens (tertiary/aromatic N) is 1. The van der Waals surface area contributed by atoms with Gasteiger partial charge in [-0.2, -0.15) is 0 Å². The van der Waals surface area contributed by atoms with E-state index in [1.807, 2.05) is 36.4 Å². The molecule has 1 N–H and O–H groups in total. The van der Waals surface area contributed by atoms with Crippen LogP contribution in [0.2, 0.25) is 5.02 Å². The Morgan fingerprint density at radius 1 is 1.19 bits per heavy atom. The van der Waals surface area contributed by atoms with Gasteiger partial charge in [0, 0.05) is 35.7 Å². The molecule has 2 aromatic rings. The van der Waals surface area contributed by atoms with E-state index in [1.165, 1.54) is 0 Å². The minimum Gasteiger partial charge on any atom is -0.497 e. The van der Waals surface area contributed by atoms with Crippen molar-refractivity contribution in [3.05, 3.63) is 53.1 Å². The number of rotatable bonds is 3. The Labute approximate surface area is 156 Å². The minimum absolute atomic E-state index is 0.0138. The van der Waals surface area contributed by atoms with Crippen LogP contribution in [0.15, 0.2) is 42.5 Å². The molecule has 2 aliphatic rings. The molecule has 0 unspecified atom stereocenters. The molecule has 2 heterocycles. The first-order valence-electron chi connectivity index (χ1n) is 8.54. The van der Waals surface area contributed by atoms with Crippen molar-refractivity contribution in [2.75, 3.05) is 20.2 Å². The number of amides is 2. The molecular formula is C20H19ClN2O3. The van der Waals surface area contributed by atoms with Gasteiger partial charge in [-0.3, -0.25) is 9.59 Å². The van der Waals surface area contributed by atoms with Crippen molar-refractivity contribution in [1.82, 2.24) is 10.2 Å². The summed E-state index contributed by atoms with van der Waals surface area (Å²) in [6, 6.07) is 12.9. The van der Waals surface area contributed by atoms with Crippen LogP contribution in [0, 0.1) is 0 Å². The SMILES string of the molecule is COc1ccc(Cl)c(-c2ccc(C(=O)N3CC4(CCC(=O)N4)C3)cc2)c1. The molecule has 2 aliphatic heterocycles. The van der Waals surface area contributed by atoms with Gasteiger partial charge < -0.3 is 15.0 Å². The van der Waals surface area contributed by atoms with Crippen molar-refractivity contribution in [2.24, 2.45) is 0 Å². The number of hydrogen-bond acceptors (Lipinski definition) is 3. The van der Waals surface area contributed by atoms with Gasteiger partial charge in [-0.1, -0.05) is 23.7 Å². The summed E-state index contributed by atoms with van der Waals surface area (Å²) in [4.78, 5) is 25.8. The van der Waals surface area contributed by atoms with E-state index in [0.29, 0.717) is 30.1 Å². The monoisotopic (exact) mass is 370 g/mol. The van der Waals surface area contributed by atoms with Gasteiger partial charge in [-0.05, 0) is 42.3 Å². The predicted molar refractivity (Wildman–Crippen MR) is 99.5 cm³/mol. The normalized spacial score (nSPS) is 17.8. The third-order valence-corrected chi connectivity index (χ3v) is 5.46. The number of benzene rings is 2. The number of carbonyl (C=O) groups excluding carboxylic acids is 2. The lowest BCUT2D eigenvalue weighted by Gasteiger charge is -2.47. The molecule has 0 saturated carbocycles. The Hall–Kier alpha value is -2.53. The molecular weight excluding hydrogens is 352 g/mol. The van der Waals surface area contributed by atoms with Gasteiger partial charge in [0.2, 0.25) is 5.91 Å². The van der Waals surface area contributed by atoms with Crippen LogP contribution in [0.5, 0.6) is 5.75 Å². The highest BCUT2D eigenvalue weighted by Gasteiger charge is 2.49. The summed E-state index contributed by atoms with van der Waals surface area (Å²) in [6.07, 6.45) is 1.36. The zero-order chi connectivity index (χ0) is 18.3. The standard InChI is InChI=1S/C20H19ClN2O3/c1-26-15-6-7-17(21)16(10-15)13-2-4-14(5-3-13)19(25)23-11-20(12-23)9-8-18(24)22-20/h2-7,10H,8-9,11-12H2,1H3,(H,22,24). The van der Waals surface area contributed by atoms with Gasteiger partial charge >= 0.3 is 0 Å². The number of ether oxygens (including phenoxy) is 1. The molecule has 1 spiro atoms. The smallest absolute Gasteiger partial charge is 0.254 e. The number of likely N-dealkylation sites (tertiary alicyclic amines) is 1. The maximum atomic E-state index is 12.6. The second-order valence-corrected chi connectivity index (χ2v) is 7.32. The Morgan fingerprint density at radius 3 is 2.54 bits per heavy atom. The Balaban J connectivity index is 1.48. The minimum atomic E-state index is -0.194. The molecule has 134 valence electrons. The average molecular weight is 371 g/mol. The largest absolute Gasteiger partial charge is 0.497 e. The van der Waals surface area contributed by atoms with Gasteiger partial charge in [-0.25, -0.2) is 0 Å². The fourth-order valence-corrected chi connectivity index (χ4v) is 3.89. The number of carbonyl (C=O) groups is 2. The van der Waals surface area contributed by atoms with E-state index in [0.717, 1.165) is 23.3 Å². The number of methoxy groups -OCH3 is 1. The van der Waals surface area contributed by atoms with Crippen LogP contribution in [0.1, 0.15) is 23.2 Å².